The van der Waals surface area contributed by atoms with E-state index in [9.17, 15) is 4.79 Å². The summed E-state index contributed by atoms with van der Waals surface area (Å²) in [4.78, 5) is 14.0. The quantitative estimate of drug-likeness (QED) is 0.687. The van der Waals surface area contributed by atoms with Crippen LogP contribution in [0, 0.1) is 6.92 Å². The third-order valence-electron chi connectivity index (χ3n) is 3.77. The summed E-state index contributed by atoms with van der Waals surface area (Å²) in [7, 11) is 0. The second-order valence-electron chi connectivity index (χ2n) is 5.24. The summed E-state index contributed by atoms with van der Waals surface area (Å²) >= 11 is 0. The molecule has 0 aliphatic carbocycles. The van der Waals surface area contributed by atoms with Crippen LogP contribution in [0.2, 0.25) is 0 Å². The summed E-state index contributed by atoms with van der Waals surface area (Å²) < 4.78 is 0. The zero-order chi connectivity index (χ0) is 15.5. The van der Waals surface area contributed by atoms with Crippen molar-refractivity contribution in [3.63, 3.8) is 0 Å². The van der Waals surface area contributed by atoms with Crippen LogP contribution in [0.4, 0.5) is 4.79 Å². The number of amides is 2. The van der Waals surface area contributed by atoms with Gasteiger partial charge in [0.25, 0.3) is 0 Å². The highest BCUT2D eigenvalue weighted by molar-refractivity contribution is 5.73. The van der Waals surface area contributed by atoms with Crippen LogP contribution in [-0.2, 0) is 6.42 Å². The van der Waals surface area contributed by atoms with E-state index in [1.165, 1.54) is 11.1 Å². The van der Waals surface area contributed by atoms with Gasteiger partial charge in [0.2, 0.25) is 0 Å². The number of nitrogens with one attached hydrogen (secondary N) is 2. The van der Waals surface area contributed by atoms with Crippen LogP contribution in [0.25, 0.3) is 0 Å². The Morgan fingerprint density at radius 1 is 1.10 bits per heavy atom. The van der Waals surface area contributed by atoms with E-state index in [0.29, 0.717) is 6.54 Å². The zero-order valence-corrected chi connectivity index (χ0v) is 13.6. The van der Waals surface area contributed by atoms with Gasteiger partial charge in [-0.2, -0.15) is 0 Å². The maximum absolute atomic E-state index is 11.7. The molecule has 0 bridgehead atoms. The van der Waals surface area contributed by atoms with Crippen molar-refractivity contribution >= 4 is 6.03 Å². The highest BCUT2D eigenvalue weighted by atomic mass is 16.2. The fourth-order valence-corrected chi connectivity index (χ4v) is 2.31. The molecule has 0 aliphatic heterocycles. The van der Waals surface area contributed by atoms with Gasteiger partial charge in [-0.1, -0.05) is 38.1 Å². The Kier molecular flexibility index (Phi) is 8.51. The number of nitrogens with zero attached hydrogens (tertiary/aromatic N) is 1. The van der Waals surface area contributed by atoms with Gasteiger partial charge in [0.1, 0.15) is 0 Å². The molecule has 0 unspecified atom stereocenters. The minimum atomic E-state index is -0.0665. The van der Waals surface area contributed by atoms with Crippen LogP contribution in [-0.4, -0.2) is 43.7 Å². The standard InChI is InChI=1S/C17H29N3O/c1-4-20(5-2)14-8-12-18-17(21)19-13-11-16-10-7-6-9-15(16)3/h6-7,9-10H,4-5,8,11-14H2,1-3H3,(H2,18,19,21). The Hall–Kier alpha value is -1.55. The van der Waals surface area contributed by atoms with Crippen molar-refractivity contribution in [1.82, 2.24) is 15.5 Å². The average molecular weight is 291 g/mol. The minimum Gasteiger partial charge on any atom is -0.338 e. The van der Waals surface area contributed by atoms with Crippen LogP contribution in [0.1, 0.15) is 31.4 Å². The first-order chi connectivity index (χ1) is 10.2. The SMILES string of the molecule is CCN(CC)CCCNC(=O)NCCc1ccccc1C. The lowest BCUT2D eigenvalue weighted by Crippen LogP contribution is -2.38. The number of carbonyl (C=O) groups is 1. The van der Waals surface area contributed by atoms with Gasteiger partial charge < -0.3 is 15.5 Å². The van der Waals surface area contributed by atoms with E-state index in [4.69, 9.17) is 0 Å². The van der Waals surface area contributed by atoms with E-state index >= 15 is 0 Å². The first-order valence-electron chi connectivity index (χ1n) is 7.96. The summed E-state index contributed by atoms with van der Waals surface area (Å²) in [5.74, 6) is 0. The van der Waals surface area contributed by atoms with Crippen LogP contribution < -0.4 is 10.6 Å². The van der Waals surface area contributed by atoms with Gasteiger partial charge in [0, 0.05) is 13.1 Å². The van der Waals surface area contributed by atoms with E-state index in [0.717, 1.165) is 39.0 Å². The second kappa shape index (κ2) is 10.2. The molecule has 4 heteroatoms. The molecule has 21 heavy (non-hydrogen) atoms. The molecule has 0 fully saturated rings. The van der Waals surface area contributed by atoms with E-state index in [2.05, 4.69) is 48.4 Å². The Balaban J connectivity index is 2.10. The lowest BCUT2D eigenvalue weighted by molar-refractivity contribution is 0.239. The molecule has 2 N–H and O–H groups in total. The molecule has 0 heterocycles. The van der Waals surface area contributed by atoms with Crippen molar-refractivity contribution in [3.8, 4) is 0 Å². The summed E-state index contributed by atoms with van der Waals surface area (Å²) in [5.41, 5.74) is 2.57. The molecular formula is C17H29N3O. The molecule has 2 amide bonds. The van der Waals surface area contributed by atoms with Gasteiger partial charge in [0.05, 0.1) is 0 Å². The Morgan fingerprint density at radius 3 is 2.43 bits per heavy atom. The molecule has 0 saturated carbocycles. The predicted molar refractivity (Wildman–Crippen MR) is 88.7 cm³/mol. The molecule has 0 saturated heterocycles. The first kappa shape index (κ1) is 17.5. The topological polar surface area (TPSA) is 44.4 Å². The van der Waals surface area contributed by atoms with Gasteiger partial charge in [-0.05, 0) is 50.5 Å². The predicted octanol–water partition coefficient (Wildman–Crippen LogP) is 2.57. The van der Waals surface area contributed by atoms with Crippen LogP contribution >= 0.6 is 0 Å². The minimum absolute atomic E-state index is 0.0665. The van der Waals surface area contributed by atoms with Crippen molar-refractivity contribution in [2.75, 3.05) is 32.7 Å². The van der Waals surface area contributed by atoms with Crippen molar-refractivity contribution in [2.45, 2.75) is 33.6 Å². The lowest BCUT2D eigenvalue weighted by Gasteiger charge is -2.17. The van der Waals surface area contributed by atoms with Crippen molar-refractivity contribution in [1.29, 1.82) is 0 Å². The van der Waals surface area contributed by atoms with E-state index in [-0.39, 0.29) is 6.03 Å². The highest BCUT2D eigenvalue weighted by Gasteiger charge is 2.02. The zero-order valence-electron chi connectivity index (χ0n) is 13.6. The van der Waals surface area contributed by atoms with Gasteiger partial charge in [-0.3, -0.25) is 0 Å². The number of hydrogen-bond acceptors (Lipinski definition) is 2. The molecular weight excluding hydrogens is 262 g/mol. The fraction of sp³-hybridized carbons (Fsp3) is 0.588. The average Bonchev–Trinajstić information content (AvgIpc) is 2.49. The molecule has 0 atom stereocenters. The molecule has 1 rings (SSSR count). The number of hydrogen-bond donors (Lipinski definition) is 2. The number of rotatable bonds is 9. The third-order valence-corrected chi connectivity index (χ3v) is 3.77. The number of aryl methyl sites for hydroxylation is 1. The van der Waals surface area contributed by atoms with Gasteiger partial charge in [0.15, 0.2) is 0 Å². The van der Waals surface area contributed by atoms with Crippen LogP contribution in [0.3, 0.4) is 0 Å². The van der Waals surface area contributed by atoms with Crippen molar-refractivity contribution in [3.05, 3.63) is 35.4 Å². The molecule has 0 aliphatic rings. The number of carbonyl (C=O) groups excluding carboxylic acids is 1. The summed E-state index contributed by atoms with van der Waals surface area (Å²) in [6, 6.07) is 8.22. The highest BCUT2D eigenvalue weighted by Crippen LogP contribution is 2.06. The monoisotopic (exact) mass is 291 g/mol. The largest absolute Gasteiger partial charge is 0.338 e. The van der Waals surface area contributed by atoms with Crippen LogP contribution in [0.15, 0.2) is 24.3 Å². The number of benzene rings is 1. The van der Waals surface area contributed by atoms with Gasteiger partial charge in [-0.25, -0.2) is 4.79 Å². The Bertz CT molecular complexity index is 416. The molecule has 0 spiro atoms. The molecule has 1 aromatic rings. The molecule has 118 valence electrons. The lowest BCUT2D eigenvalue weighted by atomic mass is 10.1. The van der Waals surface area contributed by atoms with Crippen LogP contribution in [0.5, 0.6) is 0 Å². The molecule has 0 aromatic heterocycles. The van der Waals surface area contributed by atoms with Gasteiger partial charge >= 0.3 is 6.03 Å². The Labute approximate surface area is 128 Å². The maximum Gasteiger partial charge on any atom is 0.314 e. The number of urea groups is 1. The van der Waals surface area contributed by atoms with Gasteiger partial charge in [-0.15, -0.1) is 0 Å². The fourth-order valence-electron chi connectivity index (χ4n) is 2.31. The maximum atomic E-state index is 11.7. The molecule has 4 nitrogen and oxygen atoms in total. The normalized spacial score (nSPS) is 10.7. The summed E-state index contributed by atoms with van der Waals surface area (Å²) in [6.07, 6.45) is 1.87. The van der Waals surface area contributed by atoms with Crippen molar-refractivity contribution in [2.24, 2.45) is 0 Å². The third kappa shape index (κ3) is 7.14. The Morgan fingerprint density at radius 2 is 1.76 bits per heavy atom. The van der Waals surface area contributed by atoms with E-state index in [1.807, 2.05) is 12.1 Å². The summed E-state index contributed by atoms with van der Waals surface area (Å²) in [6.45, 7) is 11.0. The molecule has 1 aromatic carbocycles. The molecule has 0 radical (unpaired) electrons. The first-order valence-corrected chi connectivity index (χ1v) is 7.96. The smallest absolute Gasteiger partial charge is 0.314 e. The second-order valence-corrected chi connectivity index (χ2v) is 5.24. The van der Waals surface area contributed by atoms with Crippen molar-refractivity contribution < 1.29 is 4.79 Å². The van der Waals surface area contributed by atoms with E-state index in [1.54, 1.807) is 0 Å². The summed E-state index contributed by atoms with van der Waals surface area (Å²) in [5, 5.41) is 5.82. The van der Waals surface area contributed by atoms with E-state index < -0.39 is 0 Å².